The van der Waals surface area contributed by atoms with Gasteiger partial charge in [0.1, 0.15) is 28.8 Å². The summed E-state index contributed by atoms with van der Waals surface area (Å²) in [4.78, 5) is 11.1. The van der Waals surface area contributed by atoms with Gasteiger partial charge < -0.3 is 24.1 Å². The Morgan fingerprint density at radius 3 is 1.43 bits per heavy atom. The van der Waals surface area contributed by atoms with Gasteiger partial charge in [0.05, 0.1) is 34.0 Å². The number of carbonyl (C=O) groups excluding carboxylic acids is 1. The lowest BCUT2D eigenvalue weighted by Gasteiger charge is -2.37. The molecule has 7 heteroatoms. The molecule has 0 unspecified atom stereocenters. The van der Waals surface area contributed by atoms with E-state index in [-0.39, 0.29) is 0 Å². The highest BCUT2D eigenvalue weighted by Crippen LogP contribution is 2.44. The minimum atomic E-state index is -0.723. The molecular weight excluding hydrogens is 680 g/mol. The highest BCUT2D eigenvalue weighted by atomic mass is 79.9. The Labute approximate surface area is 300 Å². The van der Waals surface area contributed by atoms with E-state index in [1.807, 2.05) is 74.5 Å². The van der Waals surface area contributed by atoms with E-state index in [1.54, 1.807) is 28.4 Å². The van der Waals surface area contributed by atoms with Crippen LogP contribution in [0, 0.1) is 13.8 Å². The van der Waals surface area contributed by atoms with Gasteiger partial charge >= 0.3 is 0 Å². The van der Waals surface area contributed by atoms with Gasteiger partial charge in [-0.25, -0.2) is 0 Å². The second-order valence-electron chi connectivity index (χ2n) is 13.0. The lowest BCUT2D eigenvalue weighted by Crippen LogP contribution is -2.31. The van der Waals surface area contributed by atoms with Crippen molar-refractivity contribution in [3.05, 3.63) is 117 Å². The van der Waals surface area contributed by atoms with E-state index in [0.29, 0.717) is 17.6 Å². The number of carbonyl (C=O) groups is 1. The quantitative estimate of drug-likeness (QED) is 0.204. The van der Waals surface area contributed by atoms with E-state index in [1.165, 1.54) is 16.7 Å². The summed E-state index contributed by atoms with van der Waals surface area (Å²) in [6, 6.07) is 28.4. The molecule has 262 valence electrons. The third-order valence-electron chi connectivity index (χ3n) is 9.83. The highest BCUT2D eigenvalue weighted by molar-refractivity contribution is 9.10. The fourth-order valence-electron chi connectivity index (χ4n) is 6.75. The number of benzene rings is 4. The number of hydrogen-bond donors (Lipinski definition) is 1. The summed E-state index contributed by atoms with van der Waals surface area (Å²) in [5.74, 6) is 5.01. The molecule has 0 atom stereocenters. The van der Waals surface area contributed by atoms with Crippen LogP contribution in [0.15, 0.2) is 89.4 Å². The Hall–Kier alpha value is -3.81. The first kappa shape index (κ1) is 38.0. The third kappa shape index (κ3) is 10.6. The Kier molecular flexibility index (Phi) is 14.2. The van der Waals surface area contributed by atoms with Gasteiger partial charge in [-0.05, 0) is 147 Å². The molecule has 49 heavy (non-hydrogen) atoms. The van der Waals surface area contributed by atoms with Crippen molar-refractivity contribution in [2.24, 2.45) is 0 Å². The van der Waals surface area contributed by atoms with Crippen LogP contribution in [0.25, 0.3) is 0 Å². The average molecular weight is 732 g/mol. The fraction of sp³-hybridized carbons (Fsp3) is 0.405. The van der Waals surface area contributed by atoms with E-state index in [0.717, 1.165) is 90.0 Å². The van der Waals surface area contributed by atoms with Gasteiger partial charge in [-0.1, -0.05) is 46.3 Å². The van der Waals surface area contributed by atoms with Crippen LogP contribution in [0.4, 0.5) is 0 Å². The van der Waals surface area contributed by atoms with Crippen molar-refractivity contribution < 1.29 is 28.8 Å². The van der Waals surface area contributed by atoms with E-state index < -0.39 is 5.60 Å². The van der Waals surface area contributed by atoms with Crippen molar-refractivity contribution >= 4 is 21.7 Å². The zero-order chi connectivity index (χ0) is 35.4. The van der Waals surface area contributed by atoms with Crippen LogP contribution in [-0.4, -0.2) is 39.3 Å². The lowest BCUT2D eigenvalue weighted by atomic mass is 9.72. The van der Waals surface area contributed by atoms with Crippen LogP contribution in [-0.2, 0) is 10.4 Å². The van der Waals surface area contributed by atoms with Gasteiger partial charge in [-0.15, -0.1) is 0 Å². The van der Waals surface area contributed by atoms with E-state index >= 15 is 0 Å². The minimum Gasteiger partial charge on any atom is -0.497 e. The molecule has 1 N–H and O–H groups in total. The monoisotopic (exact) mass is 730 g/mol. The number of methoxy groups -OCH3 is 4. The topological polar surface area (TPSA) is 74.2 Å². The Morgan fingerprint density at radius 2 is 1.00 bits per heavy atom. The molecule has 0 spiro atoms. The number of aliphatic hydroxyl groups is 1. The number of aryl methyl sites for hydroxylation is 2. The summed E-state index contributed by atoms with van der Waals surface area (Å²) < 4.78 is 21.8. The molecule has 4 aromatic rings. The van der Waals surface area contributed by atoms with Crippen LogP contribution in [0.3, 0.4) is 0 Å². The predicted molar refractivity (Wildman–Crippen MR) is 200 cm³/mol. The smallest absolute Gasteiger partial charge is 0.132 e. The Balaban J connectivity index is 0.000000184. The van der Waals surface area contributed by atoms with Gasteiger partial charge in [0.2, 0.25) is 0 Å². The van der Waals surface area contributed by atoms with Gasteiger partial charge in [-0.3, -0.25) is 4.79 Å². The van der Waals surface area contributed by atoms with Crippen LogP contribution >= 0.6 is 15.9 Å². The van der Waals surface area contributed by atoms with Gasteiger partial charge in [0.15, 0.2) is 0 Å². The van der Waals surface area contributed by atoms with Crippen molar-refractivity contribution in [3.8, 4) is 23.0 Å². The molecule has 0 heterocycles. The number of ketones is 1. The Bertz CT molecular complexity index is 1610. The maximum Gasteiger partial charge on any atom is 0.132 e. The average Bonchev–Trinajstić information content (AvgIpc) is 3.14. The van der Waals surface area contributed by atoms with Crippen LogP contribution in [0.2, 0.25) is 0 Å². The second kappa shape index (κ2) is 18.3. The summed E-state index contributed by atoms with van der Waals surface area (Å²) >= 11 is 3.40. The SMILES string of the molecule is COc1ccc(Br)c(C)c1.COc1ccc(C2CCC(=O)CC2)cc1.COc1ccc(C2CCC(O)(c3ccc(OC)cc3C)CC2)cc1. The molecule has 0 bridgehead atoms. The maximum absolute atomic E-state index is 11.2. The number of ether oxygens (including phenoxy) is 4. The molecule has 0 radical (unpaired) electrons. The van der Waals surface area contributed by atoms with Crippen molar-refractivity contribution in [1.82, 2.24) is 0 Å². The predicted octanol–water partition coefficient (Wildman–Crippen LogP) is 10.2. The molecule has 0 aliphatic heterocycles. The molecule has 2 aliphatic rings. The van der Waals surface area contributed by atoms with E-state index in [4.69, 9.17) is 18.9 Å². The standard InChI is InChI=1S/C21H26O3.C13H16O2.C8H9BrO/c1-15-14-19(24-3)8-9-20(15)21(22)12-10-17(11-13-21)16-4-6-18(23-2)7-5-16;1-15-13-8-4-11(5-9-13)10-2-6-12(14)7-3-10;1-6-5-7(10-2)3-4-8(6)9/h4-9,14,17,22H,10-13H2,1-3H3;4-5,8-10H,2-3,6-7H2,1H3;3-5H,1-2H3. The fourth-order valence-corrected chi connectivity index (χ4v) is 7.00. The van der Waals surface area contributed by atoms with E-state index in [2.05, 4.69) is 40.2 Å². The summed E-state index contributed by atoms with van der Waals surface area (Å²) in [6.45, 7) is 4.08. The first-order chi connectivity index (χ1) is 23.6. The van der Waals surface area contributed by atoms with Gasteiger partial charge in [0.25, 0.3) is 0 Å². The van der Waals surface area contributed by atoms with Crippen LogP contribution in [0.5, 0.6) is 23.0 Å². The van der Waals surface area contributed by atoms with Gasteiger partial charge in [-0.2, -0.15) is 0 Å². The molecule has 6 rings (SSSR count). The number of hydrogen-bond acceptors (Lipinski definition) is 6. The van der Waals surface area contributed by atoms with Gasteiger partial charge in [0, 0.05) is 17.3 Å². The van der Waals surface area contributed by atoms with E-state index in [9.17, 15) is 9.90 Å². The van der Waals surface area contributed by atoms with Crippen molar-refractivity contribution in [1.29, 1.82) is 0 Å². The van der Waals surface area contributed by atoms with Crippen LogP contribution in [0.1, 0.15) is 91.0 Å². The maximum atomic E-state index is 11.2. The number of halogens is 1. The molecule has 0 saturated heterocycles. The van der Waals surface area contributed by atoms with Crippen molar-refractivity contribution in [3.63, 3.8) is 0 Å². The van der Waals surface area contributed by atoms with Crippen LogP contribution < -0.4 is 18.9 Å². The van der Waals surface area contributed by atoms with Crippen molar-refractivity contribution in [2.45, 2.75) is 82.7 Å². The molecule has 2 fully saturated rings. The van der Waals surface area contributed by atoms with Crippen molar-refractivity contribution in [2.75, 3.05) is 28.4 Å². The largest absolute Gasteiger partial charge is 0.497 e. The minimum absolute atomic E-state index is 0.416. The Morgan fingerprint density at radius 1 is 0.592 bits per heavy atom. The first-order valence-corrected chi connectivity index (χ1v) is 17.9. The summed E-state index contributed by atoms with van der Waals surface area (Å²) in [7, 11) is 6.70. The second-order valence-corrected chi connectivity index (χ2v) is 13.8. The third-order valence-corrected chi connectivity index (χ3v) is 10.7. The zero-order valence-electron chi connectivity index (χ0n) is 29.8. The normalized spacial score (nSPS) is 19.0. The number of Topliss-reactive ketones (excluding diaryl/α,β-unsaturated/α-hetero) is 1. The highest BCUT2D eigenvalue weighted by Gasteiger charge is 2.36. The summed E-state index contributed by atoms with van der Waals surface area (Å²) in [6.07, 6.45) is 7.07. The summed E-state index contributed by atoms with van der Waals surface area (Å²) in [5.41, 5.74) is 5.28. The summed E-state index contributed by atoms with van der Waals surface area (Å²) in [5, 5.41) is 11.2. The first-order valence-electron chi connectivity index (χ1n) is 17.1. The molecule has 2 aliphatic carbocycles. The number of rotatable bonds is 7. The molecular formula is C42H51BrO6. The lowest BCUT2D eigenvalue weighted by molar-refractivity contribution is -0.120. The molecule has 0 amide bonds. The molecule has 6 nitrogen and oxygen atoms in total. The zero-order valence-corrected chi connectivity index (χ0v) is 31.3. The molecule has 4 aromatic carbocycles. The molecule has 2 saturated carbocycles. The molecule has 0 aromatic heterocycles.